The van der Waals surface area contributed by atoms with Crippen molar-refractivity contribution < 1.29 is 14.0 Å². The Labute approximate surface area is 209 Å². The number of primary amides is 1. The molecule has 0 saturated heterocycles. The molecule has 0 saturated carbocycles. The molecule has 0 aliphatic heterocycles. The van der Waals surface area contributed by atoms with Crippen LogP contribution in [0.5, 0.6) is 0 Å². The van der Waals surface area contributed by atoms with E-state index < -0.39 is 17.6 Å². The topological polar surface area (TPSA) is 129 Å². The second-order valence-electron chi connectivity index (χ2n) is 8.60. The summed E-state index contributed by atoms with van der Waals surface area (Å²) in [6, 6.07) is 12.8. The predicted molar refractivity (Wildman–Crippen MR) is 135 cm³/mol. The van der Waals surface area contributed by atoms with Crippen LogP contribution in [0.4, 0.5) is 10.1 Å². The first-order chi connectivity index (χ1) is 17.6. The van der Waals surface area contributed by atoms with E-state index in [-0.39, 0.29) is 22.6 Å². The number of amides is 2. The predicted octanol–water partition coefficient (Wildman–Crippen LogP) is 2.99. The van der Waals surface area contributed by atoms with E-state index in [1.807, 2.05) is 36.5 Å². The van der Waals surface area contributed by atoms with Crippen LogP contribution in [0.3, 0.4) is 0 Å². The van der Waals surface area contributed by atoms with Crippen LogP contribution >= 0.6 is 0 Å². The number of nitrogens with one attached hydrogen (secondary N) is 1. The zero-order valence-corrected chi connectivity index (χ0v) is 20.2. The number of nitrogens with two attached hydrogens (primary N) is 1. The highest BCUT2D eigenvalue weighted by atomic mass is 19.1. The van der Waals surface area contributed by atoms with Gasteiger partial charge in [-0.15, -0.1) is 0 Å². The van der Waals surface area contributed by atoms with E-state index in [1.54, 1.807) is 31.5 Å². The summed E-state index contributed by atoms with van der Waals surface area (Å²) < 4.78 is 18.4. The van der Waals surface area contributed by atoms with Crippen LogP contribution < -0.4 is 16.7 Å². The zero-order chi connectivity index (χ0) is 26.4. The summed E-state index contributed by atoms with van der Waals surface area (Å²) in [5.41, 5.74) is 8.58. The van der Waals surface area contributed by atoms with Gasteiger partial charge in [0.05, 0.1) is 22.5 Å². The molecule has 5 aromatic rings. The number of hydrogen-bond donors (Lipinski definition) is 2. The van der Waals surface area contributed by atoms with Crippen molar-refractivity contribution in [3.8, 4) is 16.8 Å². The molecule has 0 atom stereocenters. The number of hydrogen-bond acceptors (Lipinski definition) is 5. The smallest absolute Gasteiger partial charge is 0.350 e. The molecule has 0 bridgehead atoms. The van der Waals surface area contributed by atoms with Gasteiger partial charge in [-0.25, -0.2) is 23.4 Å². The van der Waals surface area contributed by atoms with E-state index in [4.69, 9.17) is 5.73 Å². The number of anilines is 1. The Hall–Kier alpha value is -5.06. The van der Waals surface area contributed by atoms with E-state index >= 15 is 0 Å². The number of nitrogens with zero attached hydrogens (tertiary/aromatic N) is 5. The summed E-state index contributed by atoms with van der Waals surface area (Å²) in [5.74, 6) is -1.65. The Kier molecular flexibility index (Phi) is 5.67. The molecular formula is C26H22FN7O3. The Morgan fingerprint density at radius 1 is 1.00 bits per heavy atom. The van der Waals surface area contributed by atoms with Crippen molar-refractivity contribution in [2.24, 2.45) is 12.8 Å². The summed E-state index contributed by atoms with van der Waals surface area (Å²) in [6.07, 6.45) is 3.67. The average molecular weight is 500 g/mol. The molecule has 2 aromatic carbocycles. The van der Waals surface area contributed by atoms with Gasteiger partial charge in [0.2, 0.25) is 0 Å². The molecule has 5 rings (SSSR count). The second kappa shape index (κ2) is 8.86. The van der Waals surface area contributed by atoms with Crippen molar-refractivity contribution in [3.63, 3.8) is 0 Å². The highest BCUT2D eigenvalue weighted by Gasteiger charge is 2.18. The van der Waals surface area contributed by atoms with E-state index in [9.17, 15) is 18.8 Å². The number of benzene rings is 2. The molecule has 0 aliphatic carbocycles. The SMILES string of the molecule is Cc1cn2cc(-c3ccc(-n4c(C)nn(C)c4=O)cc3)cc2c(C(=O)Nc2ccc(F)c(C(N)=O)c2)n1. The van der Waals surface area contributed by atoms with Crippen LogP contribution in [0.2, 0.25) is 0 Å². The minimum absolute atomic E-state index is 0.158. The van der Waals surface area contributed by atoms with Gasteiger partial charge in [0.25, 0.3) is 11.8 Å². The highest BCUT2D eigenvalue weighted by molar-refractivity contribution is 6.08. The zero-order valence-electron chi connectivity index (χ0n) is 20.2. The third-order valence-electron chi connectivity index (χ3n) is 5.96. The van der Waals surface area contributed by atoms with Crippen LogP contribution in [0, 0.1) is 19.7 Å². The fourth-order valence-electron chi connectivity index (χ4n) is 4.23. The Bertz CT molecular complexity index is 1760. The fraction of sp³-hybridized carbons (Fsp3) is 0.115. The van der Waals surface area contributed by atoms with Gasteiger partial charge >= 0.3 is 5.69 Å². The van der Waals surface area contributed by atoms with Crippen molar-refractivity contribution in [1.82, 2.24) is 23.7 Å². The van der Waals surface area contributed by atoms with Gasteiger partial charge in [-0.1, -0.05) is 12.1 Å². The first-order valence-electron chi connectivity index (χ1n) is 11.3. The van der Waals surface area contributed by atoms with E-state index in [0.29, 0.717) is 22.7 Å². The second-order valence-corrected chi connectivity index (χ2v) is 8.60. The first kappa shape index (κ1) is 23.7. The van der Waals surface area contributed by atoms with Gasteiger partial charge in [-0.2, -0.15) is 5.10 Å². The largest absolute Gasteiger partial charge is 0.366 e. The Balaban J connectivity index is 1.49. The number of aromatic nitrogens is 5. The lowest BCUT2D eigenvalue weighted by molar-refractivity contribution is 0.0992. The van der Waals surface area contributed by atoms with Crippen molar-refractivity contribution in [2.75, 3.05) is 5.32 Å². The van der Waals surface area contributed by atoms with E-state index in [0.717, 1.165) is 17.2 Å². The fourth-order valence-corrected chi connectivity index (χ4v) is 4.23. The lowest BCUT2D eigenvalue weighted by Gasteiger charge is -2.09. The quantitative estimate of drug-likeness (QED) is 0.384. The number of carbonyl (C=O) groups excluding carboxylic acids is 2. The molecule has 186 valence electrons. The molecule has 0 aliphatic rings. The van der Waals surface area contributed by atoms with Gasteiger partial charge in [-0.05, 0) is 55.8 Å². The molecule has 3 heterocycles. The highest BCUT2D eigenvalue weighted by Crippen LogP contribution is 2.26. The van der Waals surface area contributed by atoms with Gasteiger partial charge < -0.3 is 15.5 Å². The Morgan fingerprint density at radius 2 is 1.73 bits per heavy atom. The summed E-state index contributed by atoms with van der Waals surface area (Å²) in [6.45, 7) is 3.53. The molecule has 11 heteroatoms. The van der Waals surface area contributed by atoms with Crippen LogP contribution in [0.1, 0.15) is 32.4 Å². The van der Waals surface area contributed by atoms with Crippen LogP contribution in [-0.4, -0.2) is 35.5 Å². The maximum Gasteiger partial charge on any atom is 0.350 e. The van der Waals surface area contributed by atoms with Gasteiger partial charge in [-0.3, -0.25) is 9.59 Å². The molecule has 3 aromatic heterocycles. The molecule has 0 radical (unpaired) electrons. The minimum Gasteiger partial charge on any atom is -0.366 e. The maximum absolute atomic E-state index is 13.8. The summed E-state index contributed by atoms with van der Waals surface area (Å²) in [5, 5.41) is 6.81. The first-order valence-corrected chi connectivity index (χ1v) is 11.3. The average Bonchev–Trinajstić information content (AvgIpc) is 3.39. The van der Waals surface area contributed by atoms with Crippen LogP contribution in [-0.2, 0) is 7.05 Å². The van der Waals surface area contributed by atoms with E-state index in [1.165, 1.54) is 21.4 Å². The number of rotatable bonds is 5. The monoisotopic (exact) mass is 499 g/mol. The number of aryl methyl sites for hydroxylation is 3. The van der Waals surface area contributed by atoms with Gasteiger partial charge in [0.15, 0.2) is 5.69 Å². The molecule has 37 heavy (non-hydrogen) atoms. The summed E-state index contributed by atoms with van der Waals surface area (Å²) >= 11 is 0. The third kappa shape index (κ3) is 4.27. The molecule has 2 amide bonds. The van der Waals surface area contributed by atoms with Crippen molar-refractivity contribution in [1.29, 1.82) is 0 Å². The lowest BCUT2D eigenvalue weighted by Crippen LogP contribution is -2.21. The van der Waals surface area contributed by atoms with Crippen molar-refractivity contribution >= 4 is 23.0 Å². The number of halogens is 1. The van der Waals surface area contributed by atoms with Crippen molar-refractivity contribution in [2.45, 2.75) is 13.8 Å². The molecule has 0 fully saturated rings. The standard InChI is InChI=1S/C26H22FN7O3/c1-14-12-33-13-17(16-4-7-19(8-5-16)34-15(2)31-32(3)26(34)37)10-22(33)23(29-14)25(36)30-18-6-9-21(27)20(11-18)24(28)35/h4-13H,1-3H3,(H2,28,35)(H,30,36). The van der Waals surface area contributed by atoms with Crippen molar-refractivity contribution in [3.05, 3.63) is 100 Å². The lowest BCUT2D eigenvalue weighted by atomic mass is 10.1. The van der Waals surface area contributed by atoms with Gasteiger partial charge in [0, 0.05) is 30.7 Å². The number of carbonyl (C=O) groups is 2. The van der Waals surface area contributed by atoms with Crippen LogP contribution in [0.25, 0.3) is 22.3 Å². The molecular weight excluding hydrogens is 477 g/mol. The Morgan fingerprint density at radius 3 is 2.38 bits per heavy atom. The normalized spacial score (nSPS) is 11.1. The third-order valence-corrected chi connectivity index (χ3v) is 5.96. The van der Waals surface area contributed by atoms with Crippen LogP contribution in [0.15, 0.2) is 65.7 Å². The molecule has 0 unspecified atom stereocenters. The minimum atomic E-state index is -0.935. The summed E-state index contributed by atoms with van der Waals surface area (Å²) in [4.78, 5) is 41.4. The van der Waals surface area contributed by atoms with E-state index in [2.05, 4.69) is 15.4 Å². The summed E-state index contributed by atoms with van der Waals surface area (Å²) in [7, 11) is 1.60. The molecule has 10 nitrogen and oxygen atoms in total. The maximum atomic E-state index is 13.8. The number of fused-ring (bicyclic) bond motifs is 1. The van der Waals surface area contributed by atoms with Gasteiger partial charge in [0.1, 0.15) is 11.6 Å². The molecule has 3 N–H and O–H groups in total. The molecule has 0 spiro atoms.